The molecule has 1 rings (SSSR count). The molecule has 1 saturated carbocycles. The van der Waals surface area contributed by atoms with Crippen molar-refractivity contribution in [2.75, 3.05) is 0 Å². The average Bonchev–Trinajstić information content (AvgIpc) is 1.57. The van der Waals surface area contributed by atoms with Gasteiger partial charge in [-0.2, -0.15) is 0 Å². The number of rotatable bonds is 1. The summed E-state index contributed by atoms with van der Waals surface area (Å²) in [6.07, 6.45) is 4.12. The van der Waals surface area contributed by atoms with Crippen molar-refractivity contribution in [3.63, 3.8) is 0 Å². The first-order valence-corrected chi connectivity index (χ1v) is 8.19. The lowest BCUT2D eigenvalue weighted by molar-refractivity contribution is 0.663. The molecule has 0 bridgehead atoms. The van der Waals surface area contributed by atoms with Crippen molar-refractivity contribution < 1.29 is 0 Å². The van der Waals surface area contributed by atoms with E-state index in [9.17, 15) is 0 Å². The summed E-state index contributed by atoms with van der Waals surface area (Å²) < 4.78 is 1.58. The molecule has 0 saturated heterocycles. The molecule has 0 aromatic carbocycles. The van der Waals surface area contributed by atoms with Gasteiger partial charge in [0.25, 0.3) is 0 Å². The second kappa shape index (κ2) is 2.82. The van der Waals surface area contributed by atoms with E-state index >= 15 is 0 Å². The molecular weight excluding hydrogens is 204 g/mol. The average molecular weight is 219 g/mol. The van der Waals surface area contributed by atoms with Crippen molar-refractivity contribution in [2.24, 2.45) is 0 Å². The van der Waals surface area contributed by atoms with Crippen molar-refractivity contribution >= 4 is 24.0 Å². The summed E-state index contributed by atoms with van der Waals surface area (Å²) in [6.45, 7) is 7.17. The molecule has 0 unspecified atom stereocenters. The van der Waals surface area contributed by atoms with E-state index in [1.807, 2.05) is 0 Å². The van der Waals surface area contributed by atoms with E-state index in [0.29, 0.717) is 0 Å². The van der Waals surface area contributed by atoms with Crippen LogP contribution in [0.3, 0.4) is 0 Å². The monoisotopic (exact) mass is 218 g/mol. The molecule has 0 radical (unpaired) electrons. The Morgan fingerprint density at radius 3 is 1.90 bits per heavy atom. The molecule has 0 amide bonds. The van der Waals surface area contributed by atoms with Gasteiger partial charge in [0.05, 0.1) is 8.07 Å². The van der Waals surface area contributed by atoms with Gasteiger partial charge in [-0.15, -0.1) is 0 Å². The zero-order valence-corrected chi connectivity index (χ0v) is 9.59. The van der Waals surface area contributed by atoms with E-state index in [-0.39, 0.29) is 0 Å². The topological polar surface area (TPSA) is 0 Å². The first kappa shape index (κ1) is 8.53. The van der Waals surface area contributed by atoms with E-state index in [0.717, 1.165) is 0 Å². The Morgan fingerprint density at radius 1 is 1.30 bits per heavy atom. The van der Waals surface area contributed by atoms with Crippen LogP contribution >= 0.6 is 15.9 Å². The summed E-state index contributed by atoms with van der Waals surface area (Å²) in [5.41, 5.74) is 1.69. The third-order valence-electron chi connectivity index (χ3n) is 1.93. The van der Waals surface area contributed by atoms with Crippen LogP contribution in [0.15, 0.2) is 9.68 Å². The highest BCUT2D eigenvalue weighted by Gasteiger charge is 2.23. The molecule has 0 heterocycles. The minimum atomic E-state index is -0.997. The Bertz CT molecular complexity index is 159. The Labute approximate surface area is 72.8 Å². The van der Waals surface area contributed by atoms with Gasteiger partial charge >= 0.3 is 0 Å². The van der Waals surface area contributed by atoms with Crippen LogP contribution in [-0.4, -0.2) is 8.07 Å². The van der Waals surface area contributed by atoms with Crippen molar-refractivity contribution in [3.8, 4) is 0 Å². The summed E-state index contributed by atoms with van der Waals surface area (Å²) in [4.78, 5) is 0. The molecule has 58 valence electrons. The number of hydrogen-bond donors (Lipinski definition) is 0. The summed E-state index contributed by atoms with van der Waals surface area (Å²) in [5.74, 6) is 0. The molecule has 1 fully saturated rings. The second-order valence-corrected chi connectivity index (χ2v) is 10.5. The van der Waals surface area contributed by atoms with Gasteiger partial charge in [-0.3, -0.25) is 0 Å². The van der Waals surface area contributed by atoms with E-state index in [2.05, 4.69) is 35.6 Å². The number of hydrogen-bond acceptors (Lipinski definition) is 0. The largest absolute Gasteiger partial charge is 0.0865 e. The Morgan fingerprint density at radius 2 is 1.80 bits per heavy atom. The van der Waals surface area contributed by atoms with Gasteiger partial charge in [0.15, 0.2) is 0 Å². The lowest BCUT2D eigenvalue weighted by Crippen LogP contribution is -2.23. The van der Waals surface area contributed by atoms with Crippen LogP contribution < -0.4 is 0 Å². The summed E-state index contributed by atoms with van der Waals surface area (Å²) in [7, 11) is -0.997. The minimum Gasteiger partial charge on any atom is -0.0651 e. The number of halogens is 1. The van der Waals surface area contributed by atoms with Crippen molar-refractivity contribution in [3.05, 3.63) is 9.68 Å². The standard InChI is InChI=1S/C8H15BrSi/c1-10(2,3)8(9)7-5-4-6-7/h4-6H2,1-3H3. The molecule has 0 spiro atoms. The van der Waals surface area contributed by atoms with E-state index in [4.69, 9.17) is 0 Å². The zero-order chi connectivity index (χ0) is 7.78. The molecule has 2 heteroatoms. The van der Waals surface area contributed by atoms with Crippen LogP contribution in [0.25, 0.3) is 0 Å². The lowest BCUT2D eigenvalue weighted by atomic mass is 9.94. The third-order valence-corrected chi connectivity index (χ3v) is 7.73. The first-order chi connectivity index (χ1) is 4.52. The van der Waals surface area contributed by atoms with Gasteiger partial charge in [-0.25, -0.2) is 0 Å². The fourth-order valence-electron chi connectivity index (χ4n) is 1.10. The fourth-order valence-corrected chi connectivity index (χ4v) is 2.81. The Hall–Kier alpha value is 0.437. The minimum absolute atomic E-state index is 0.997. The van der Waals surface area contributed by atoms with Crippen molar-refractivity contribution in [1.29, 1.82) is 0 Å². The van der Waals surface area contributed by atoms with Crippen LogP contribution in [0.2, 0.25) is 19.6 Å². The van der Waals surface area contributed by atoms with Gasteiger partial charge in [0.1, 0.15) is 0 Å². The molecule has 10 heavy (non-hydrogen) atoms. The van der Waals surface area contributed by atoms with Gasteiger partial charge in [0, 0.05) is 0 Å². The van der Waals surface area contributed by atoms with Gasteiger partial charge < -0.3 is 0 Å². The van der Waals surface area contributed by atoms with E-state index < -0.39 is 8.07 Å². The van der Waals surface area contributed by atoms with Crippen molar-refractivity contribution in [1.82, 2.24) is 0 Å². The van der Waals surface area contributed by atoms with E-state index in [1.54, 1.807) is 9.68 Å². The van der Waals surface area contributed by atoms with Gasteiger partial charge in [-0.1, -0.05) is 41.1 Å². The quantitative estimate of drug-likeness (QED) is 0.590. The second-order valence-electron chi connectivity index (χ2n) is 4.02. The van der Waals surface area contributed by atoms with Crippen LogP contribution in [0, 0.1) is 0 Å². The lowest BCUT2D eigenvalue weighted by Gasteiger charge is -2.25. The van der Waals surface area contributed by atoms with Gasteiger partial charge in [0.2, 0.25) is 0 Å². The molecule has 0 N–H and O–H groups in total. The van der Waals surface area contributed by atoms with Crippen molar-refractivity contribution in [2.45, 2.75) is 38.9 Å². The predicted octanol–water partition coefficient (Wildman–Crippen LogP) is 3.70. The maximum atomic E-state index is 3.72. The normalized spacial score (nSPS) is 18.6. The summed E-state index contributed by atoms with van der Waals surface area (Å²) in [5, 5.41) is 0. The number of allylic oxidation sites excluding steroid dienone is 1. The molecule has 1 aliphatic rings. The Kier molecular flexibility index (Phi) is 2.41. The molecule has 1 aliphatic carbocycles. The first-order valence-electron chi connectivity index (χ1n) is 3.90. The fraction of sp³-hybridized carbons (Fsp3) is 0.750. The van der Waals surface area contributed by atoms with Crippen LogP contribution in [0.5, 0.6) is 0 Å². The van der Waals surface area contributed by atoms with Crippen LogP contribution in [0.1, 0.15) is 19.3 Å². The highest BCUT2D eigenvalue weighted by Crippen LogP contribution is 2.35. The maximum absolute atomic E-state index is 3.72. The zero-order valence-electron chi connectivity index (χ0n) is 7.00. The highest BCUT2D eigenvalue weighted by atomic mass is 79.9. The highest BCUT2D eigenvalue weighted by molar-refractivity contribution is 9.12. The SMILES string of the molecule is C[Si](C)(C)C(Br)=C1CCC1. The third kappa shape index (κ3) is 1.73. The van der Waals surface area contributed by atoms with E-state index in [1.165, 1.54) is 19.3 Å². The molecule has 0 nitrogen and oxygen atoms in total. The van der Waals surface area contributed by atoms with Crippen LogP contribution in [0.4, 0.5) is 0 Å². The molecular formula is C8H15BrSi. The Balaban J connectivity index is 2.71. The van der Waals surface area contributed by atoms with Crippen LogP contribution in [-0.2, 0) is 0 Å². The smallest absolute Gasteiger partial charge is 0.0651 e. The summed E-state index contributed by atoms with van der Waals surface area (Å²) in [6, 6.07) is 0. The molecule has 0 aliphatic heterocycles. The summed E-state index contributed by atoms with van der Waals surface area (Å²) >= 11 is 3.72. The predicted molar refractivity (Wildman–Crippen MR) is 53.2 cm³/mol. The molecule has 0 atom stereocenters. The molecule has 0 aromatic heterocycles. The molecule has 0 aromatic rings. The van der Waals surface area contributed by atoms with Gasteiger partial charge in [-0.05, 0) is 23.4 Å². The maximum Gasteiger partial charge on any atom is 0.0865 e.